The van der Waals surface area contributed by atoms with Crippen molar-refractivity contribution in [2.24, 2.45) is 0 Å². The number of carbonyl (C=O) groups is 1. The second-order valence-electron chi connectivity index (χ2n) is 5.24. The van der Waals surface area contributed by atoms with E-state index in [1.165, 1.54) is 0 Å². The molecule has 0 aliphatic rings. The van der Waals surface area contributed by atoms with Gasteiger partial charge in [-0.05, 0) is 41.8 Å². The standard InChI is InChI=1S/C19H20ClNO4/c1-24-17-8-3-13(11-18(17)25-2)9-10-21-19(23)16(12-22)14-4-6-15(20)7-5-14/h3-8,11-12,22H,9-10H2,1-2H3,(H,21,23). The number of hydrogen-bond donors (Lipinski definition) is 2. The van der Waals surface area contributed by atoms with Gasteiger partial charge in [0.15, 0.2) is 11.5 Å². The van der Waals surface area contributed by atoms with Crippen LogP contribution >= 0.6 is 11.6 Å². The normalized spacial score (nSPS) is 11.1. The van der Waals surface area contributed by atoms with E-state index in [0.29, 0.717) is 35.1 Å². The van der Waals surface area contributed by atoms with Crippen molar-refractivity contribution >= 4 is 23.1 Å². The van der Waals surface area contributed by atoms with Gasteiger partial charge in [0.2, 0.25) is 0 Å². The molecule has 0 spiro atoms. The van der Waals surface area contributed by atoms with E-state index in [9.17, 15) is 9.90 Å². The molecule has 0 unspecified atom stereocenters. The van der Waals surface area contributed by atoms with Gasteiger partial charge in [-0.25, -0.2) is 0 Å². The summed E-state index contributed by atoms with van der Waals surface area (Å²) in [4.78, 5) is 12.3. The first kappa shape index (κ1) is 18.7. The number of nitrogens with one attached hydrogen (secondary N) is 1. The van der Waals surface area contributed by atoms with Gasteiger partial charge >= 0.3 is 0 Å². The van der Waals surface area contributed by atoms with Crippen molar-refractivity contribution in [3.8, 4) is 11.5 Å². The van der Waals surface area contributed by atoms with Crippen LogP contribution in [0.25, 0.3) is 5.57 Å². The minimum absolute atomic E-state index is 0.184. The van der Waals surface area contributed by atoms with Gasteiger partial charge in [-0.15, -0.1) is 0 Å². The molecule has 0 radical (unpaired) electrons. The maximum atomic E-state index is 12.3. The molecular formula is C19H20ClNO4. The largest absolute Gasteiger partial charge is 0.515 e. The second-order valence-corrected chi connectivity index (χ2v) is 5.68. The summed E-state index contributed by atoms with van der Waals surface area (Å²) in [5.74, 6) is 0.942. The number of aliphatic hydroxyl groups is 1. The lowest BCUT2D eigenvalue weighted by Crippen LogP contribution is -2.26. The van der Waals surface area contributed by atoms with E-state index in [1.54, 1.807) is 38.5 Å². The minimum atomic E-state index is -0.356. The highest BCUT2D eigenvalue weighted by Crippen LogP contribution is 2.27. The third kappa shape index (κ3) is 4.90. The molecule has 0 bridgehead atoms. The summed E-state index contributed by atoms with van der Waals surface area (Å²) in [6.45, 7) is 0.416. The first-order valence-electron chi connectivity index (χ1n) is 7.68. The van der Waals surface area contributed by atoms with E-state index in [1.807, 2.05) is 18.2 Å². The zero-order valence-corrected chi connectivity index (χ0v) is 14.8. The van der Waals surface area contributed by atoms with E-state index in [0.717, 1.165) is 11.8 Å². The fourth-order valence-corrected chi connectivity index (χ4v) is 2.47. The zero-order chi connectivity index (χ0) is 18.2. The summed E-state index contributed by atoms with van der Waals surface area (Å²) in [5.41, 5.74) is 1.78. The zero-order valence-electron chi connectivity index (χ0n) is 14.1. The smallest absolute Gasteiger partial charge is 0.255 e. The molecule has 2 aromatic rings. The maximum absolute atomic E-state index is 12.3. The molecule has 6 heteroatoms. The molecule has 0 atom stereocenters. The van der Waals surface area contributed by atoms with Gasteiger partial charge in [0.25, 0.3) is 5.91 Å². The van der Waals surface area contributed by atoms with Crippen molar-refractivity contribution in [3.63, 3.8) is 0 Å². The van der Waals surface area contributed by atoms with E-state index < -0.39 is 0 Å². The van der Waals surface area contributed by atoms with Crippen molar-refractivity contribution in [3.05, 3.63) is 64.9 Å². The number of methoxy groups -OCH3 is 2. The SMILES string of the molecule is COc1ccc(CCNC(=O)C(=CO)c2ccc(Cl)cc2)cc1OC. The van der Waals surface area contributed by atoms with Gasteiger partial charge in [-0.3, -0.25) is 4.79 Å². The second kappa shape index (κ2) is 8.99. The van der Waals surface area contributed by atoms with Gasteiger partial charge in [0.1, 0.15) is 0 Å². The lowest BCUT2D eigenvalue weighted by atomic mass is 10.1. The third-order valence-corrected chi connectivity index (χ3v) is 3.93. The number of aliphatic hydroxyl groups excluding tert-OH is 1. The van der Waals surface area contributed by atoms with Crippen molar-refractivity contribution in [2.75, 3.05) is 20.8 Å². The molecule has 0 heterocycles. The molecular weight excluding hydrogens is 342 g/mol. The van der Waals surface area contributed by atoms with E-state index in [-0.39, 0.29) is 11.5 Å². The Hall–Kier alpha value is -2.66. The quantitative estimate of drug-likeness (QED) is 0.584. The van der Waals surface area contributed by atoms with Crippen LogP contribution in [0, 0.1) is 0 Å². The molecule has 0 aliphatic carbocycles. The van der Waals surface area contributed by atoms with Crippen molar-refractivity contribution in [2.45, 2.75) is 6.42 Å². The highest BCUT2D eigenvalue weighted by atomic mass is 35.5. The van der Waals surface area contributed by atoms with E-state index >= 15 is 0 Å². The number of ether oxygens (including phenoxy) is 2. The minimum Gasteiger partial charge on any atom is -0.515 e. The third-order valence-electron chi connectivity index (χ3n) is 3.68. The molecule has 5 nitrogen and oxygen atoms in total. The topological polar surface area (TPSA) is 67.8 Å². The van der Waals surface area contributed by atoms with E-state index in [2.05, 4.69) is 5.32 Å². The molecule has 25 heavy (non-hydrogen) atoms. The Morgan fingerprint density at radius 2 is 1.80 bits per heavy atom. The Bertz CT molecular complexity index is 757. The van der Waals surface area contributed by atoms with Gasteiger partial charge in [-0.1, -0.05) is 29.8 Å². The molecule has 0 saturated carbocycles. The average Bonchev–Trinajstić information content (AvgIpc) is 2.63. The van der Waals surface area contributed by atoms with Gasteiger partial charge in [0.05, 0.1) is 26.1 Å². The highest BCUT2D eigenvalue weighted by Gasteiger charge is 2.12. The van der Waals surface area contributed by atoms with E-state index in [4.69, 9.17) is 21.1 Å². The molecule has 0 aliphatic heterocycles. The summed E-state index contributed by atoms with van der Waals surface area (Å²) in [6, 6.07) is 12.3. The van der Waals surface area contributed by atoms with Crippen LogP contribution in [-0.2, 0) is 11.2 Å². The average molecular weight is 362 g/mol. The molecule has 2 rings (SSSR count). The van der Waals surface area contributed by atoms with Crippen LogP contribution in [0.4, 0.5) is 0 Å². The summed E-state index contributed by atoms with van der Waals surface area (Å²) < 4.78 is 10.5. The van der Waals surface area contributed by atoms with Gasteiger partial charge < -0.3 is 19.9 Å². The molecule has 0 fully saturated rings. The van der Waals surface area contributed by atoms with Crippen LogP contribution in [0.1, 0.15) is 11.1 Å². The fraction of sp³-hybridized carbons (Fsp3) is 0.211. The monoisotopic (exact) mass is 361 g/mol. The number of rotatable bonds is 7. The number of halogens is 1. The number of hydrogen-bond acceptors (Lipinski definition) is 4. The maximum Gasteiger partial charge on any atom is 0.255 e. The van der Waals surface area contributed by atoms with Crippen LogP contribution in [0.5, 0.6) is 11.5 Å². The van der Waals surface area contributed by atoms with Gasteiger partial charge in [-0.2, -0.15) is 0 Å². The lowest BCUT2D eigenvalue weighted by molar-refractivity contribution is -0.115. The lowest BCUT2D eigenvalue weighted by Gasteiger charge is -2.11. The van der Waals surface area contributed by atoms with Crippen molar-refractivity contribution in [1.82, 2.24) is 5.32 Å². The Kier molecular flexibility index (Phi) is 6.71. The van der Waals surface area contributed by atoms with Crippen LogP contribution in [0.3, 0.4) is 0 Å². The molecule has 0 aromatic heterocycles. The Morgan fingerprint density at radius 1 is 1.12 bits per heavy atom. The Balaban J connectivity index is 1.96. The Morgan fingerprint density at radius 3 is 2.40 bits per heavy atom. The van der Waals surface area contributed by atoms with Crippen molar-refractivity contribution < 1.29 is 19.4 Å². The van der Waals surface area contributed by atoms with Crippen LogP contribution < -0.4 is 14.8 Å². The summed E-state index contributed by atoms with van der Waals surface area (Å²) in [5, 5.41) is 12.7. The number of amides is 1. The van der Waals surface area contributed by atoms with Crippen LogP contribution in [-0.4, -0.2) is 31.8 Å². The Labute approximate surface area is 151 Å². The number of benzene rings is 2. The molecule has 0 saturated heterocycles. The van der Waals surface area contributed by atoms with Crippen LogP contribution in [0.15, 0.2) is 48.7 Å². The molecule has 2 aromatic carbocycles. The number of carbonyl (C=O) groups excluding carboxylic acids is 1. The highest BCUT2D eigenvalue weighted by molar-refractivity contribution is 6.30. The predicted molar refractivity (Wildman–Crippen MR) is 98.3 cm³/mol. The summed E-state index contributed by atoms with van der Waals surface area (Å²) in [7, 11) is 3.16. The first-order valence-corrected chi connectivity index (χ1v) is 8.06. The fourth-order valence-electron chi connectivity index (χ4n) is 2.35. The van der Waals surface area contributed by atoms with Gasteiger partial charge in [0, 0.05) is 11.6 Å². The molecule has 1 amide bonds. The molecule has 132 valence electrons. The predicted octanol–water partition coefficient (Wildman–Crippen LogP) is 3.62. The summed E-state index contributed by atoms with van der Waals surface area (Å²) in [6.07, 6.45) is 1.42. The molecule has 2 N–H and O–H groups in total. The first-order chi connectivity index (χ1) is 12.1. The van der Waals surface area contributed by atoms with Crippen LogP contribution in [0.2, 0.25) is 5.02 Å². The van der Waals surface area contributed by atoms with Crippen molar-refractivity contribution in [1.29, 1.82) is 0 Å². The summed E-state index contributed by atoms with van der Waals surface area (Å²) >= 11 is 5.84.